The molecule has 1 amide bonds. The first-order chi connectivity index (χ1) is 13.1. The number of guanidine groups is 1. The van der Waals surface area contributed by atoms with Gasteiger partial charge in [-0.2, -0.15) is 0 Å². The zero-order chi connectivity index (χ0) is 18.9. The highest BCUT2D eigenvalue weighted by molar-refractivity contribution is 8.15. The molecule has 8 heteroatoms. The Morgan fingerprint density at radius 2 is 2.04 bits per heavy atom. The highest BCUT2D eigenvalue weighted by Crippen LogP contribution is 2.50. The number of carbonyl (C=O) groups is 1. The van der Waals surface area contributed by atoms with Crippen LogP contribution >= 0.6 is 11.8 Å². The van der Waals surface area contributed by atoms with Crippen LogP contribution in [0.15, 0.2) is 35.3 Å². The van der Waals surface area contributed by atoms with Gasteiger partial charge in [0, 0.05) is 44.3 Å². The van der Waals surface area contributed by atoms with Gasteiger partial charge < -0.3 is 20.7 Å². The smallest absolute Gasteiger partial charge is 0.257 e. The molecule has 2 fully saturated rings. The lowest BCUT2D eigenvalue weighted by molar-refractivity contribution is 0.0498. The Bertz CT molecular complexity index is 750. The molecule has 1 aromatic carbocycles. The third kappa shape index (κ3) is 3.55. The van der Waals surface area contributed by atoms with Gasteiger partial charge in [0.1, 0.15) is 0 Å². The predicted molar refractivity (Wildman–Crippen MR) is 107 cm³/mol. The zero-order valence-corrected chi connectivity index (χ0v) is 16.0. The van der Waals surface area contributed by atoms with Crippen molar-refractivity contribution in [2.75, 3.05) is 32.8 Å². The van der Waals surface area contributed by atoms with E-state index in [2.05, 4.69) is 10.3 Å². The number of nitrogens with zero attached hydrogens (tertiary/aromatic N) is 2. The number of hydrogen-bond acceptors (Lipinski definition) is 5. The van der Waals surface area contributed by atoms with Crippen LogP contribution in [0, 0.1) is 17.2 Å². The highest BCUT2D eigenvalue weighted by atomic mass is 32.2. The second kappa shape index (κ2) is 7.52. The first kappa shape index (κ1) is 18.3. The average Bonchev–Trinajstić information content (AvgIpc) is 3.10. The molecule has 0 spiro atoms. The summed E-state index contributed by atoms with van der Waals surface area (Å²) >= 11 is 1.67. The van der Waals surface area contributed by atoms with Crippen LogP contribution in [0.4, 0.5) is 0 Å². The van der Waals surface area contributed by atoms with E-state index in [1.807, 2.05) is 23.1 Å². The van der Waals surface area contributed by atoms with E-state index in [0.717, 1.165) is 39.1 Å². The van der Waals surface area contributed by atoms with Crippen molar-refractivity contribution in [1.82, 2.24) is 10.2 Å². The van der Waals surface area contributed by atoms with Crippen molar-refractivity contribution in [3.8, 4) is 0 Å². The molecular formula is C19H25N5O2S. The van der Waals surface area contributed by atoms with Crippen LogP contribution in [0.5, 0.6) is 0 Å². The van der Waals surface area contributed by atoms with Crippen molar-refractivity contribution in [3.05, 3.63) is 35.9 Å². The van der Waals surface area contributed by atoms with E-state index < -0.39 is 0 Å². The maximum absolute atomic E-state index is 12.6. The number of fused-ring (bicyclic) bond motifs is 1. The largest absolute Gasteiger partial charge is 0.381 e. The van der Waals surface area contributed by atoms with E-state index in [1.165, 1.54) is 0 Å². The van der Waals surface area contributed by atoms with Gasteiger partial charge in [-0.25, -0.2) is 0 Å². The summed E-state index contributed by atoms with van der Waals surface area (Å²) in [5.74, 6) is 0.770. The monoisotopic (exact) mass is 387 g/mol. The fourth-order valence-electron chi connectivity index (χ4n) is 4.39. The number of carbonyl (C=O) groups excluding carboxylic acids is 1. The summed E-state index contributed by atoms with van der Waals surface area (Å²) in [4.78, 5) is 19.2. The number of amidine groups is 1. The lowest BCUT2D eigenvalue weighted by Crippen LogP contribution is -2.51. The van der Waals surface area contributed by atoms with Gasteiger partial charge in [-0.3, -0.25) is 15.2 Å². The van der Waals surface area contributed by atoms with Gasteiger partial charge in [0.25, 0.3) is 5.91 Å². The molecule has 0 aromatic heterocycles. The molecule has 0 bridgehead atoms. The Morgan fingerprint density at radius 1 is 1.30 bits per heavy atom. The topological polar surface area (TPSA) is 104 Å². The van der Waals surface area contributed by atoms with E-state index >= 15 is 0 Å². The second-order valence-corrected chi connectivity index (χ2v) is 8.72. The number of likely N-dealkylation sites (tertiary alicyclic amines) is 1. The standard InChI is InChI=1S/C19H25N5O2S/c20-17(21)24-11-15-10-22-18(23-16(25)13-4-2-1-3-5-13)27-19(15,12-24)14-6-8-26-9-7-14/h1-5,14-15H,6-12H2,(H3,20,21)(H,22,23,25)/t15-,19+/m0/s1. The summed E-state index contributed by atoms with van der Waals surface area (Å²) in [6.45, 7) is 3.66. The summed E-state index contributed by atoms with van der Waals surface area (Å²) in [6.07, 6.45) is 1.99. The van der Waals surface area contributed by atoms with Crippen LogP contribution in [-0.4, -0.2) is 59.5 Å². The Morgan fingerprint density at radius 3 is 2.74 bits per heavy atom. The first-order valence-corrected chi connectivity index (χ1v) is 10.2. The third-order valence-corrected chi connectivity index (χ3v) is 7.42. The van der Waals surface area contributed by atoms with Crippen LogP contribution in [0.25, 0.3) is 0 Å². The van der Waals surface area contributed by atoms with E-state index in [9.17, 15) is 4.79 Å². The van der Waals surface area contributed by atoms with Gasteiger partial charge in [0.2, 0.25) is 0 Å². The number of rotatable bonds is 2. The summed E-state index contributed by atoms with van der Waals surface area (Å²) in [5, 5.41) is 11.6. The van der Waals surface area contributed by atoms with E-state index in [0.29, 0.717) is 29.1 Å². The van der Waals surface area contributed by atoms with Crippen molar-refractivity contribution >= 4 is 28.8 Å². The molecule has 4 N–H and O–H groups in total. The molecule has 1 aromatic rings. The molecule has 0 saturated carbocycles. The number of hydrogen-bond donors (Lipinski definition) is 3. The van der Waals surface area contributed by atoms with Crippen LogP contribution in [0.1, 0.15) is 23.2 Å². The average molecular weight is 388 g/mol. The molecule has 0 radical (unpaired) electrons. The SMILES string of the molecule is N=C(N)N1C[C@@H]2CN=C(NC(=O)c3ccccc3)S[C@@]2(C2CCOCC2)C1. The molecule has 4 rings (SSSR count). The highest BCUT2D eigenvalue weighted by Gasteiger charge is 2.55. The van der Waals surface area contributed by atoms with Crippen LogP contribution < -0.4 is 11.1 Å². The molecule has 2 saturated heterocycles. The minimum atomic E-state index is -0.135. The Hall–Kier alpha value is -2.06. The van der Waals surface area contributed by atoms with Gasteiger partial charge >= 0.3 is 0 Å². The maximum Gasteiger partial charge on any atom is 0.257 e. The minimum absolute atomic E-state index is 0.0868. The summed E-state index contributed by atoms with van der Waals surface area (Å²) in [7, 11) is 0. The fraction of sp³-hybridized carbons (Fsp3) is 0.526. The molecule has 0 unspecified atom stereocenters. The minimum Gasteiger partial charge on any atom is -0.381 e. The molecule has 27 heavy (non-hydrogen) atoms. The molecule has 7 nitrogen and oxygen atoms in total. The quantitative estimate of drug-likeness (QED) is 0.527. The molecule has 2 atom stereocenters. The van der Waals surface area contributed by atoms with Crippen molar-refractivity contribution < 1.29 is 9.53 Å². The van der Waals surface area contributed by atoms with Crippen LogP contribution in [0.2, 0.25) is 0 Å². The van der Waals surface area contributed by atoms with Crippen molar-refractivity contribution in [1.29, 1.82) is 5.41 Å². The number of aliphatic imine (C=N–C) groups is 1. The maximum atomic E-state index is 12.6. The molecule has 3 aliphatic heterocycles. The molecule has 3 aliphatic rings. The van der Waals surface area contributed by atoms with E-state index in [1.54, 1.807) is 23.9 Å². The van der Waals surface area contributed by atoms with Gasteiger partial charge in [0.05, 0.1) is 4.75 Å². The summed E-state index contributed by atoms with van der Waals surface area (Å²) in [6, 6.07) is 9.20. The predicted octanol–water partition coefficient (Wildman–Crippen LogP) is 1.51. The van der Waals surface area contributed by atoms with Crippen molar-refractivity contribution in [3.63, 3.8) is 0 Å². The van der Waals surface area contributed by atoms with Crippen molar-refractivity contribution in [2.45, 2.75) is 17.6 Å². The molecule has 144 valence electrons. The summed E-state index contributed by atoms with van der Waals surface area (Å²) in [5.41, 5.74) is 6.42. The molecule has 0 aliphatic carbocycles. The van der Waals surface area contributed by atoms with Crippen LogP contribution in [-0.2, 0) is 4.74 Å². The second-order valence-electron chi connectivity index (χ2n) is 7.37. The Kier molecular flexibility index (Phi) is 5.10. The van der Waals surface area contributed by atoms with Crippen molar-refractivity contribution in [2.24, 2.45) is 22.6 Å². The fourth-order valence-corrected chi connectivity index (χ4v) is 5.97. The lowest BCUT2D eigenvalue weighted by Gasteiger charge is -2.44. The van der Waals surface area contributed by atoms with Gasteiger partial charge in [-0.15, -0.1) is 0 Å². The number of ether oxygens (including phenoxy) is 1. The molecule has 3 heterocycles. The third-order valence-electron chi connectivity index (χ3n) is 5.82. The van der Waals surface area contributed by atoms with Gasteiger partial charge in [0.15, 0.2) is 11.1 Å². The first-order valence-electron chi connectivity index (χ1n) is 9.35. The van der Waals surface area contributed by atoms with Gasteiger partial charge in [-0.05, 0) is 30.9 Å². The zero-order valence-electron chi connectivity index (χ0n) is 15.2. The Labute approximate surface area is 163 Å². The number of amides is 1. The normalized spacial score (nSPS) is 28.4. The van der Waals surface area contributed by atoms with Crippen LogP contribution in [0.3, 0.4) is 0 Å². The van der Waals surface area contributed by atoms with Gasteiger partial charge in [-0.1, -0.05) is 30.0 Å². The summed E-state index contributed by atoms with van der Waals surface area (Å²) < 4.78 is 5.48. The molecular weight excluding hydrogens is 362 g/mol. The lowest BCUT2D eigenvalue weighted by atomic mass is 9.78. The van der Waals surface area contributed by atoms with E-state index in [4.69, 9.17) is 15.9 Å². The number of nitrogens with two attached hydrogens (primary N) is 1. The number of nitrogens with one attached hydrogen (secondary N) is 2. The number of benzene rings is 1. The Balaban J connectivity index is 1.55. The number of thioether (sulfide) groups is 1. The van der Waals surface area contributed by atoms with E-state index in [-0.39, 0.29) is 16.6 Å².